The number of amides is 1. The van der Waals surface area contributed by atoms with E-state index >= 15 is 0 Å². The zero-order chi connectivity index (χ0) is 21.1. The molecule has 4 rings (SSSR count). The summed E-state index contributed by atoms with van der Waals surface area (Å²) < 4.78 is 0. The van der Waals surface area contributed by atoms with Crippen LogP contribution >= 0.6 is 11.8 Å². The predicted octanol–water partition coefficient (Wildman–Crippen LogP) is 5.73. The van der Waals surface area contributed by atoms with E-state index in [-0.39, 0.29) is 17.2 Å². The fraction of sp³-hybridized carbons (Fsp3) is 0.0417. The number of hydrogen-bond acceptors (Lipinski definition) is 4. The molecule has 30 heavy (non-hydrogen) atoms. The Bertz CT molecular complexity index is 1170. The molecule has 5 nitrogen and oxygen atoms in total. The molecule has 1 heterocycles. The standard InChI is InChI=1S/C24H20N2O3S/c1-30-19-13-9-16(10-14-19)15-7-11-18(12-8-15)25-23(28)20-22(27)21(26-24(20)29)17-5-3-2-4-6-17/h2-14,26-27,29H,1H3,(H,25,28). The van der Waals surface area contributed by atoms with Gasteiger partial charge in [-0.05, 0) is 41.6 Å². The fourth-order valence-electron chi connectivity index (χ4n) is 3.23. The van der Waals surface area contributed by atoms with Crippen LogP contribution in [0.5, 0.6) is 11.6 Å². The van der Waals surface area contributed by atoms with Crippen LogP contribution in [0.25, 0.3) is 22.4 Å². The van der Waals surface area contributed by atoms with Crippen molar-refractivity contribution in [2.24, 2.45) is 0 Å². The Morgan fingerprint density at radius 2 is 1.43 bits per heavy atom. The minimum atomic E-state index is -0.597. The summed E-state index contributed by atoms with van der Waals surface area (Å²) in [4.78, 5) is 16.5. The Labute approximate surface area is 178 Å². The first kappa shape index (κ1) is 19.7. The molecule has 150 valence electrons. The van der Waals surface area contributed by atoms with Gasteiger partial charge in [0.25, 0.3) is 5.91 Å². The summed E-state index contributed by atoms with van der Waals surface area (Å²) in [6, 6.07) is 24.7. The van der Waals surface area contributed by atoms with E-state index in [2.05, 4.69) is 34.6 Å². The molecule has 4 aromatic rings. The van der Waals surface area contributed by atoms with Crippen LogP contribution in [0, 0.1) is 0 Å². The minimum Gasteiger partial charge on any atom is -0.505 e. The van der Waals surface area contributed by atoms with E-state index in [4.69, 9.17) is 0 Å². The first-order chi connectivity index (χ1) is 14.6. The number of aromatic nitrogens is 1. The number of aromatic amines is 1. The molecule has 0 radical (unpaired) electrons. The number of aromatic hydroxyl groups is 2. The lowest BCUT2D eigenvalue weighted by Crippen LogP contribution is -2.11. The molecule has 6 heteroatoms. The Balaban J connectivity index is 1.53. The van der Waals surface area contributed by atoms with E-state index in [1.807, 2.05) is 36.6 Å². The second-order valence-corrected chi connectivity index (χ2v) is 7.58. The van der Waals surface area contributed by atoms with Crippen LogP contribution in [0.15, 0.2) is 83.8 Å². The molecule has 0 saturated heterocycles. The van der Waals surface area contributed by atoms with E-state index in [9.17, 15) is 15.0 Å². The van der Waals surface area contributed by atoms with Crippen molar-refractivity contribution in [3.05, 3.63) is 84.4 Å². The van der Waals surface area contributed by atoms with Crippen molar-refractivity contribution in [3.63, 3.8) is 0 Å². The first-order valence-corrected chi connectivity index (χ1v) is 10.5. The van der Waals surface area contributed by atoms with Gasteiger partial charge in [0.15, 0.2) is 5.75 Å². The van der Waals surface area contributed by atoms with E-state index in [1.54, 1.807) is 36.0 Å². The van der Waals surface area contributed by atoms with Gasteiger partial charge in [0.05, 0.1) is 5.69 Å². The largest absolute Gasteiger partial charge is 0.505 e. The van der Waals surface area contributed by atoms with Gasteiger partial charge in [-0.25, -0.2) is 0 Å². The van der Waals surface area contributed by atoms with E-state index in [0.717, 1.165) is 11.1 Å². The lowest BCUT2D eigenvalue weighted by molar-refractivity contribution is 0.102. The number of H-pyrrole nitrogens is 1. The molecule has 0 bridgehead atoms. The Morgan fingerprint density at radius 3 is 2.03 bits per heavy atom. The Hall–Kier alpha value is -3.64. The summed E-state index contributed by atoms with van der Waals surface area (Å²) in [5, 5.41) is 23.4. The average Bonchev–Trinajstić information content (AvgIpc) is 3.09. The topological polar surface area (TPSA) is 85.4 Å². The summed E-state index contributed by atoms with van der Waals surface area (Å²) in [6.07, 6.45) is 2.04. The van der Waals surface area contributed by atoms with Crippen molar-refractivity contribution in [1.29, 1.82) is 0 Å². The summed E-state index contributed by atoms with van der Waals surface area (Å²) in [6.45, 7) is 0. The zero-order valence-corrected chi connectivity index (χ0v) is 17.0. The molecule has 3 aromatic carbocycles. The lowest BCUT2D eigenvalue weighted by Gasteiger charge is -2.07. The zero-order valence-electron chi connectivity index (χ0n) is 16.2. The number of thioether (sulfide) groups is 1. The van der Waals surface area contributed by atoms with Crippen molar-refractivity contribution in [2.75, 3.05) is 11.6 Å². The summed E-state index contributed by atoms with van der Waals surface area (Å²) in [5.41, 5.74) is 3.44. The van der Waals surface area contributed by atoms with Gasteiger partial charge in [0.2, 0.25) is 5.88 Å². The van der Waals surface area contributed by atoms with Gasteiger partial charge < -0.3 is 20.5 Å². The normalized spacial score (nSPS) is 10.7. The first-order valence-electron chi connectivity index (χ1n) is 9.32. The van der Waals surface area contributed by atoms with Gasteiger partial charge in [-0.2, -0.15) is 0 Å². The SMILES string of the molecule is CSc1ccc(-c2ccc(NC(=O)c3c(O)[nH]c(-c4ccccc4)c3O)cc2)cc1. The average molecular weight is 417 g/mol. The number of anilines is 1. The number of hydrogen-bond donors (Lipinski definition) is 4. The van der Waals surface area contributed by atoms with E-state index in [1.165, 1.54) is 4.90 Å². The highest BCUT2D eigenvalue weighted by Crippen LogP contribution is 2.37. The number of nitrogens with one attached hydrogen (secondary N) is 2. The molecular weight excluding hydrogens is 396 g/mol. The van der Waals surface area contributed by atoms with Crippen LogP contribution in [-0.2, 0) is 0 Å². The number of carbonyl (C=O) groups excluding carboxylic acids is 1. The van der Waals surface area contributed by atoms with E-state index in [0.29, 0.717) is 16.9 Å². The summed E-state index contributed by atoms with van der Waals surface area (Å²) in [5.74, 6) is -1.27. The fourth-order valence-corrected chi connectivity index (χ4v) is 3.64. The van der Waals surface area contributed by atoms with Gasteiger partial charge in [-0.15, -0.1) is 11.8 Å². The third kappa shape index (κ3) is 3.90. The van der Waals surface area contributed by atoms with E-state index < -0.39 is 5.91 Å². The van der Waals surface area contributed by atoms with Crippen LogP contribution in [-0.4, -0.2) is 27.4 Å². The monoisotopic (exact) mass is 416 g/mol. The molecule has 0 fully saturated rings. The quantitative estimate of drug-likeness (QED) is 0.313. The van der Waals surface area contributed by atoms with Gasteiger partial charge >= 0.3 is 0 Å². The third-order valence-corrected chi connectivity index (χ3v) is 5.55. The van der Waals surface area contributed by atoms with Gasteiger partial charge in [-0.1, -0.05) is 54.6 Å². The predicted molar refractivity (Wildman–Crippen MR) is 121 cm³/mol. The molecular formula is C24H20N2O3S. The lowest BCUT2D eigenvalue weighted by atomic mass is 10.1. The number of rotatable bonds is 5. The molecule has 1 amide bonds. The highest BCUT2D eigenvalue weighted by molar-refractivity contribution is 7.98. The van der Waals surface area contributed by atoms with Crippen molar-refractivity contribution >= 4 is 23.4 Å². The van der Waals surface area contributed by atoms with Crippen molar-refractivity contribution in [1.82, 2.24) is 4.98 Å². The maximum atomic E-state index is 12.7. The highest BCUT2D eigenvalue weighted by atomic mass is 32.2. The Kier molecular flexibility index (Phi) is 5.50. The molecule has 0 aliphatic carbocycles. The smallest absolute Gasteiger partial charge is 0.264 e. The summed E-state index contributed by atoms with van der Waals surface area (Å²) in [7, 11) is 0. The van der Waals surface area contributed by atoms with Crippen LogP contribution in [0.2, 0.25) is 0 Å². The van der Waals surface area contributed by atoms with Gasteiger partial charge in [0, 0.05) is 16.1 Å². The second-order valence-electron chi connectivity index (χ2n) is 6.70. The van der Waals surface area contributed by atoms with Gasteiger partial charge in [-0.3, -0.25) is 4.79 Å². The van der Waals surface area contributed by atoms with Crippen LogP contribution in [0.3, 0.4) is 0 Å². The molecule has 0 atom stereocenters. The highest BCUT2D eigenvalue weighted by Gasteiger charge is 2.24. The van der Waals surface area contributed by atoms with Gasteiger partial charge in [0.1, 0.15) is 5.56 Å². The van der Waals surface area contributed by atoms with Crippen molar-refractivity contribution in [2.45, 2.75) is 4.90 Å². The van der Waals surface area contributed by atoms with Crippen LogP contribution in [0.4, 0.5) is 5.69 Å². The number of benzene rings is 3. The molecule has 4 N–H and O–H groups in total. The third-order valence-electron chi connectivity index (χ3n) is 4.81. The summed E-state index contributed by atoms with van der Waals surface area (Å²) >= 11 is 1.69. The maximum absolute atomic E-state index is 12.7. The van der Waals surface area contributed by atoms with Crippen molar-refractivity contribution in [3.8, 4) is 34.0 Å². The molecule has 0 spiro atoms. The molecule has 0 saturated carbocycles. The molecule has 0 unspecified atom stereocenters. The minimum absolute atomic E-state index is 0.189. The van der Waals surface area contributed by atoms with Crippen LogP contribution in [0.1, 0.15) is 10.4 Å². The number of carbonyl (C=O) groups is 1. The molecule has 1 aromatic heterocycles. The maximum Gasteiger partial charge on any atom is 0.264 e. The van der Waals surface area contributed by atoms with Crippen molar-refractivity contribution < 1.29 is 15.0 Å². The molecule has 0 aliphatic rings. The van der Waals surface area contributed by atoms with Crippen LogP contribution < -0.4 is 5.32 Å². The second kappa shape index (κ2) is 8.39. The Morgan fingerprint density at radius 1 is 0.833 bits per heavy atom. The molecule has 0 aliphatic heterocycles.